The van der Waals surface area contributed by atoms with Crippen molar-refractivity contribution in [2.24, 2.45) is 0 Å². The number of halogens is 1. The predicted octanol–water partition coefficient (Wildman–Crippen LogP) is 2.87. The van der Waals surface area contributed by atoms with E-state index in [0.29, 0.717) is 12.3 Å². The number of piperazine rings is 1. The van der Waals surface area contributed by atoms with Crippen molar-refractivity contribution in [2.45, 2.75) is 0 Å². The number of para-hydroxylation sites is 1. The summed E-state index contributed by atoms with van der Waals surface area (Å²) in [4.78, 5) is 4.41. The van der Waals surface area contributed by atoms with Crippen LogP contribution < -0.4 is 9.08 Å². The smallest absolute Gasteiger partial charge is 0.310 e. The minimum absolute atomic E-state index is 0.0148. The molecule has 1 aliphatic heterocycles. The van der Waals surface area contributed by atoms with Gasteiger partial charge in [0.2, 0.25) is 0 Å². The van der Waals surface area contributed by atoms with Crippen LogP contribution >= 0.6 is 11.6 Å². The second-order valence-corrected chi connectivity index (χ2v) is 8.09. The third-order valence-electron chi connectivity index (χ3n) is 4.17. The molecule has 0 atom stereocenters. The van der Waals surface area contributed by atoms with E-state index >= 15 is 0 Å². The Hall–Kier alpha value is -1.76. The Morgan fingerprint density at radius 1 is 0.960 bits per heavy atom. The lowest BCUT2D eigenvalue weighted by Gasteiger charge is -2.36. The molecule has 134 valence electrons. The zero-order valence-electron chi connectivity index (χ0n) is 13.8. The van der Waals surface area contributed by atoms with E-state index in [1.165, 1.54) is 0 Å². The Balaban J connectivity index is 1.47. The molecule has 2 aromatic rings. The summed E-state index contributed by atoms with van der Waals surface area (Å²) in [6.45, 7) is 3.79. The molecule has 0 N–H and O–H groups in total. The van der Waals surface area contributed by atoms with E-state index in [0.717, 1.165) is 36.9 Å². The third-order valence-corrected chi connectivity index (χ3v) is 5.53. The van der Waals surface area contributed by atoms with Crippen LogP contribution in [0.1, 0.15) is 0 Å². The van der Waals surface area contributed by atoms with Crippen molar-refractivity contribution in [3.63, 3.8) is 0 Å². The summed E-state index contributed by atoms with van der Waals surface area (Å²) < 4.78 is 29.3. The molecule has 0 radical (unpaired) electrons. The maximum Gasteiger partial charge on any atom is 0.310 e. The third kappa shape index (κ3) is 5.36. The van der Waals surface area contributed by atoms with Crippen LogP contribution in [0.3, 0.4) is 0 Å². The van der Waals surface area contributed by atoms with Crippen molar-refractivity contribution in [3.05, 3.63) is 59.6 Å². The van der Waals surface area contributed by atoms with Crippen LogP contribution in [-0.4, -0.2) is 51.8 Å². The van der Waals surface area contributed by atoms with E-state index in [9.17, 15) is 8.42 Å². The zero-order valence-corrected chi connectivity index (χ0v) is 15.4. The molecule has 2 aromatic carbocycles. The summed E-state index contributed by atoms with van der Waals surface area (Å²) in [6, 6.07) is 16.4. The van der Waals surface area contributed by atoms with Gasteiger partial charge in [0.25, 0.3) is 0 Å². The average Bonchev–Trinajstić information content (AvgIpc) is 2.61. The first-order valence-electron chi connectivity index (χ1n) is 8.22. The molecular weight excluding hydrogens is 360 g/mol. The van der Waals surface area contributed by atoms with Crippen molar-refractivity contribution >= 4 is 27.4 Å². The van der Waals surface area contributed by atoms with Crippen molar-refractivity contribution in [2.75, 3.05) is 43.4 Å². The van der Waals surface area contributed by atoms with Crippen LogP contribution in [0.2, 0.25) is 5.02 Å². The van der Waals surface area contributed by atoms with E-state index in [1.54, 1.807) is 24.3 Å². The first-order chi connectivity index (χ1) is 12.0. The molecular formula is C18H21ClN2O3S. The first kappa shape index (κ1) is 18.0. The van der Waals surface area contributed by atoms with Gasteiger partial charge in [-0.25, -0.2) is 0 Å². The highest BCUT2D eigenvalue weighted by Crippen LogP contribution is 2.20. The Bertz CT molecular complexity index is 791. The number of benzene rings is 2. The molecule has 0 saturated carbocycles. The van der Waals surface area contributed by atoms with Crippen LogP contribution in [0.15, 0.2) is 54.6 Å². The van der Waals surface area contributed by atoms with Crippen LogP contribution in [0.4, 0.5) is 5.69 Å². The molecule has 3 rings (SSSR count). The minimum atomic E-state index is -3.58. The summed E-state index contributed by atoms with van der Waals surface area (Å²) in [7, 11) is -3.58. The van der Waals surface area contributed by atoms with Gasteiger partial charge < -0.3 is 9.08 Å². The fourth-order valence-corrected chi connectivity index (χ4v) is 3.96. The van der Waals surface area contributed by atoms with Crippen LogP contribution in [0.5, 0.6) is 5.75 Å². The van der Waals surface area contributed by atoms with Gasteiger partial charge in [-0.1, -0.05) is 35.9 Å². The van der Waals surface area contributed by atoms with Crippen molar-refractivity contribution in [3.8, 4) is 5.75 Å². The monoisotopic (exact) mass is 380 g/mol. The molecule has 1 aliphatic rings. The summed E-state index contributed by atoms with van der Waals surface area (Å²) >= 11 is 6.04. The predicted molar refractivity (Wildman–Crippen MR) is 101 cm³/mol. The van der Waals surface area contributed by atoms with Crippen molar-refractivity contribution < 1.29 is 12.6 Å². The quantitative estimate of drug-likeness (QED) is 0.721. The highest BCUT2D eigenvalue weighted by Gasteiger charge is 2.20. The van der Waals surface area contributed by atoms with E-state index in [2.05, 4.69) is 9.80 Å². The lowest BCUT2D eigenvalue weighted by Crippen LogP contribution is -2.47. The minimum Gasteiger partial charge on any atom is -0.382 e. The summed E-state index contributed by atoms with van der Waals surface area (Å²) in [5.74, 6) is 0.340. The molecule has 25 heavy (non-hydrogen) atoms. The van der Waals surface area contributed by atoms with Gasteiger partial charge in [-0.2, -0.15) is 8.42 Å². The molecule has 1 saturated heterocycles. The number of rotatable bonds is 6. The first-order valence-corrected chi connectivity index (χ1v) is 10.2. The average molecular weight is 381 g/mol. The second-order valence-electron chi connectivity index (χ2n) is 5.97. The molecule has 0 unspecified atom stereocenters. The van der Waals surface area contributed by atoms with E-state index in [-0.39, 0.29) is 5.75 Å². The molecule has 0 amide bonds. The van der Waals surface area contributed by atoms with Gasteiger partial charge >= 0.3 is 10.1 Å². The number of hydrogen-bond acceptors (Lipinski definition) is 5. The largest absolute Gasteiger partial charge is 0.382 e. The van der Waals surface area contributed by atoms with Gasteiger partial charge in [-0.05, 0) is 30.3 Å². The lowest BCUT2D eigenvalue weighted by atomic mass is 10.2. The summed E-state index contributed by atoms with van der Waals surface area (Å²) in [6.07, 6.45) is 0. The van der Waals surface area contributed by atoms with Gasteiger partial charge in [0.15, 0.2) is 0 Å². The molecule has 0 aromatic heterocycles. The van der Waals surface area contributed by atoms with E-state index in [1.807, 2.05) is 30.3 Å². The molecule has 1 fully saturated rings. The van der Waals surface area contributed by atoms with Crippen molar-refractivity contribution in [1.82, 2.24) is 4.90 Å². The van der Waals surface area contributed by atoms with Crippen LogP contribution in [0.25, 0.3) is 0 Å². The molecule has 5 nitrogen and oxygen atoms in total. The Morgan fingerprint density at radius 2 is 1.68 bits per heavy atom. The van der Waals surface area contributed by atoms with Crippen LogP contribution in [0, 0.1) is 0 Å². The molecule has 0 bridgehead atoms. The lowest BCUT2D eigenvalue weighted by molar-refractivity contribution is 0.270. The van der Waals surface area contributed by atoms with Gasteiger partial charge in [-0.3, -0.25) is 4.90 Å². The van der Waals surface area contributed by atoms with Crippen molar-refractivity contribution in [1.29, 1.82) is 0 Å². The number of hydrogen-bond donors (Lipinski definition) is 0. The van der Waals surface area contributed by atoms with Gasteiger partial charge in [0.05, 0.1) is 5.75 Å². The van der Waals surface area contributed by atoms with E-state index < -0.39 is 10.1 Å². The maximum atomic E-state index is 12.1. The maximum absolute atomic E-state index is 12.1. The van der Waals surface area contributed by atoms with E-state index in [4.69, 9.17) is 15.8 Å². The SMILES string of the molecule is O=S(=O)(CCN1CCN(c2cccc(Cl)c2)CC1)Oc1ccccc1. The molecule has 0 aliphatic carbocycles. The fraction of sp³-hybridized carbons (Fsp3) is 0.333. The zero-order chi connectivity index (χ0) is 17.7. The summed E-state index contributed by atoms with van der Waals surface area (Å²) in [5.41, 5.74) is 1.10. The molecule has 0 spiro atoms. The Morgan fingerprint density at radius 3 is 2.36 bits per heavy atom. The molecule has 1 heterocycles. The Labute approximate surface area is 153 Å². The van der Waals surface area contributed by atoms with Gasteiger partial charge in [0, 0.05) is 43.4 Å². The highest BCUT2D eigenvalue weighted by atomic mass is 35.5. The van der Waals surface area contributed by atoms with Gasteiger partial charge in [-0.15, -0.1) is 0 Å². The summed E-state index contributed by atoms with van der Waals surface area (Å²) in [5, 5.41) is 0.726. The highest BCUT2D eigenvalue weighted by molar-refractivity contribution is 7.87. The van der Waals surface area contributed by atoms with Crippen LogP contribution in [-0.2, 0) is 10.1 Å². The normalized spacial score (nSPS) is 16.0. The number of nitrogens with zero attached hydrogens (tertiary/aromatic N) is 2. The number of anilines is 1. The molecule has 7 heteroatoms. The standard InChI is InChI=1S/C18H21ClN2O3S/c19-16-5-4-6-17(15-16)21-11-9-20(10-12-21)13-14-25(22,23)24-18-7-2-1-3-8-18/h1-8,15H,9-14H2. The Kier molecular flexibility index (Phi) is 5.83. The van der Waals surface area contributed by atoms with Gasteiger partial charge in [0.1, 0.15) is 5.75 Å². The topological polar surface area (TPSA) is 49.9 Å². The second kappa shape index (κ2) is 8.08. The fourth-order valence-electron chi connectivity index (χ4n) is 2.81.